The number of likely N-dealkylation sites (tertiary alicyclic amines) is 2. The summed E-state index contributed by atoms with van der Waals surface area (Å²) in [6.45, 7) is 33.8. The number of unbranched alkanes of at least 4 members (excludes halogenated alkanes) is 1. The van der Waals surface area contributed by atoms with Crippen LogP contribution in [0, 0.1) is 0 Å². The maximum absolute atomic E-state index is 13.5. The number of aliphatic carboxylic acids is 1. The number of aromatic hydroxyl groups is 1. The lowest BCUT2D eigenvalue weighted by Crippen LogP contribution is -2.60. The summed E-state index contributed by atoms with van der Waals surface area (Å²) in [4.78, 5) is 30.3. The van der Waals surface area contributed by atoms with Gasteiger partial charge >= 0.3 is 11.9 Å². The van der Waals surface area contributed by atoms with E-state index in [4.69, 9.17) is 4.74 Å². The topological polar surface area (TPSA) is 90.3 Å². The number of rotatable bonds is 9. The highest BCUT2D eigenvalue weighted by Gasteiger charge is 2.53. The first-order chi connectivity index (χ1) is 22.0. The highest BCUT2D eigenvalue weighted by Crippen LogP contribution is 2.59. The summed E-state index contributed by atoms with van der Waals surface area (Å²) in [7, 11) is 4.44. The molecule has 0 aliphatic carbocycles. The van der Waals surface area contributed by atoms with E-state index in [9.17, 15) is 19.8 Å². The number of piperidine rings is 2. The predicted molar refractivity (Wildman–Crippen MR) is 202 cm³/mol. The highest BCUT2D eigenvalue weighted by molar-refractivity contribution is 5.90. The van der Waals surface area contributed by atoms with Crippen LogP contribution in [0.25, 0.3) is 0 Å². The normalized spacial score (nSPS) is 24.8. The number of ether oxygens (including phenoxy) is 1. The zero-order valence-corrected chi connectivity index (χ0v) is 34.4. The van der Waals surface area contributed by atoms with Crippen LogP contribution >= 0.6 is 0 Å². The molecule has 0 saturated carbocycles. The fourth-order valence-electron chi connectivity index (χ4n) is 9.42. The number of carboxylic acids is 1. The molecule has 2 aliphatic heterocycles. The Morgan fingerprint density at radius 2 is 1.18 bits per heavy atom. The number of phenols is 1. The maximum atomic E-state index is 13.5. The van der Waals surface area contributed by atoms with Gasteiger partial charge in [-0.3, -0.25) is 19.4 Å². The lowest BCUT2D eigenvalue weighted by atomic mass is 9.59. The number of likely N-dealkylation sites (N-methyl/N-ethyl adjacent to an activating group) is 2. The Kier molecular flexibility index (Phi) is 11.6. The molecule has 280 valence electrons. The first kappa shape index (κ1) is 41.3. The Balaban J connectivity index is 2.71. The average Bonchev–Trinajstić information content (AvgIpc) is 2.91. The van der Waals surface area contributed by atoms with Crippen LogP contribution in [-0.2, 0) is 25.2 Å². The van der Waals surface area contributed by atoms with Crippen LogP contribution in [0.2, 0.25) is 0 Å². The molecular formula is C42H72N2O5. The molecule has 1 aromatic rings. The van der Waals surface area contributed by atoms with E-state index in [1.165, 1.54) is 0 Å². The number of nitrogens with zero attached hydrogens (tertiary/aromatic N) is 2. The number of hydrogen-bond donors (Lipinski definition) is 2. The second-order valence-electron chi connectivity index (χ2n) is 19.8. The predicted octanol–water partition coefficient (Wildman–Crippen LogP) is 9.97. The minimum Gasteiger partial charge on any atom is -0.507 e. The molecule has 2 saturated heterocycles. The lowest BCUT2D eigenvalue weighted by molar-refractivity contribution is -0.155. The van der Waals surface area contributed by atoms with E-state index < -0.39 is 35.3 Å². The van der Waals surface area contributed by atoms with Crippen molar-refractivity contribution >= 4 is 11.9 Å². The first-order valence-corrected chi connectivity index (χ1v) is 18.9. The molecule has 0 amide bonds. The number of benzene rings is 1. The van der Waals surface area contributed by atoms with Crippen molar-refractivity contribution in [2.45, 2.75) is 206 Å². The molecule has 2 fully saturated rings. The Bertz CT molecular complexity index is 1310. The molecule has 2 aliphatic rings. The van der Waals surface area contributed by atoms with E-state index in [2.05, 4.69) is 128 Å². The molecule has 49 heavy (non-hydrogen) atoms. The van der Waals surface area contributed by atoms with E-state index in [1.54, 1.807) is 0 Å². The van der Waals surface area contributed by atoms with E-state index in [-0.39, 0.29) is 34.0 Å². The number of carboxylic acid groups (broad SMARTS) is 1. The molecule has 0 aromatic heterocycles. The van der Waals surface area contributed by atoms with Crippen LogP contribution in [0.4, 0.5) is 0 Å². The monoisotopic (exact) mass is 685 g/mol. The van der Waals surface area contributed by atoms with E-state index >= 15 is 0 Å². The van der Waals surface area contributed by atoms with Crippen LogP contribution in [0.5, 0.6) is 5.75 Å². The van der Waals surface area contributed by atoms with Crippen molar-refractivity contribution in [1.29, 1.82) is 0 Å². The van der Waals surface area contributed by atoms with Gasteiger partial charge in [-0.1, -0.05) is 54.9 Å². The summed E-state index contributed by atoms with van der Waals surface area (Å²) in [6, 6.07) is 0. The maximum Gasteiger partial charge on any atom is 0.317 e. The quantitative estimate of drug-likeness (QED) is 0.198. The van der Waals surface area contributed by atoms with Crippen molar-refractivity contribution in [2.75, 3.05) is 14.1 Å². The molecule has 7 heteroatoms. The molecule has 3 rings (SSSR count). The SMILES string of the molecule is CCCCC(OC(=O)CC(=O)O)c1c(C2CCC(C)(C)N(C)C2(C)C)c(C(C)(C)C)c(O)c(C(C)(C)C)c1C1CCC(C)(C)N(C)C1(C)C. The zero-order chi connectivity index (χ0) is 37.9. The van der Waals surface area contributed by atoms with Crippen molar-refractivity contribution < 1.29 is 24.5 Å². The van der Waals surface area contributed by atoms with Crippen molar-refractivity contribution in [2.24, 2.45) is 0 Å². The zero-order valence-electron chi connectivity index (χ0n) is 34.4. The summed E-state index contributed by atoms with van der Waals surface area (Å²) >= 11 is 0. The van der Waals surface area contributed by atoms with Gasteiger partial charge < -0.3 is 14.9 Å². The number of esters is 1. The second-order valence-corrected chi connectivity index (χ2v) is 19.8. The Hall–Kier alpha value is -2.12. The number of carbonyl (C=O) groups excluding carboxylic acids is 1. The number of phenolic OH excluding ortho intramolecular Hbond substituents is 1. The average molecular weight is 685 g/mol. The summed E-state index contributed by atoms with van der Waals surface area (Å²) in [5, 5.41) is 22.6. The standard InChI is InChI=1S/C42H72N2O5/c1-18-19-20-28(49-30(47)25-29(45)46)33-31(26-21-23-39(8,9)43(16)41(26,12)13)34(37(2,3)4)36(48)35(38(5,6)7)32(33)27-22-24-40(10,11)44(17)42(27,14)15/h26-28,48H,18-25H2,1-17H3,(H,45,46). The highest BCUT2D eigenvalue weighted by atomic mass is 16.5. The first-order valence-electron chi connectivity index (χ1n) is 18.9. The van der Waals surface area contributed by atoms with Crippen molar-refractivity contribution in [3.63, 3.8) is 0 Å². The van der Waals surface area contributed by atoms with Gasteiger partial charge in [-0.2, -0.15) is 0 Å². The van der Waals surface area contributed by atoms with Crippen molar-refractivity contribution in [3.8, 4) is 5.75 Å². The van der Waals surface area contributed by atoms with Crippen molar-refractivity contribution in [3.05, 3.63) is 27.8 Å². The molecule has 1 aromatic carbocycles. The second kappa shape index (κ2) is 13.8. The van der Waals surface area contributed by atoms with Gasteiger partial charge in [0.1, 0.15) is 18.3 Å². The molecule has 3 unspecified atom stereocenters. The van der Waals surface area contributed by atoms with Crippen LogP contribution in [0.3, 0.4) is 0 Å². The van der Waals surface area contributed by atoms with Crippen molar-refractivity contribution in [1.82, 2.24) is 9.80 Å². The third kappa shape index (κ3) is 7.88. The summed E-state index contributed by atoms with van der Waals surface area (Å²) < 4.78 is 6.43. The molecule has 2 heterocycles. The van der Waals surface area contributed by atoms with Gasteiger partial charge in [-0.05, 0) is 130 Å². The fourth-order valence-corrected chi connectivity index (χ4v) is 9.42. The molecular weight excluding hydrogens is 612 g/mol. The van der Waals surface area contributed by atoms with Gasteiger partial charge in [-0.15, -0.1) is 0 Å². The number of hydrogen-bond acceptors (Lipinski definition) is 6. The Morgan fingerprint density at radius 1 is 0.796 bits per heavy atom. The van der Waals surface area contributed by atoms with Gasteiger partial charge in [0, 0.05) is 50.7 Å². The third-order valence-corrected chi connectivity index (χ3v) is 12.8. The van der Waals surface area contributed by atoms with Gasteiger partial charge in [0.25, 0.3) is 0 Å². The van der Waals surface area contributed by atoms with Gasteiger partial charge in [0.05, 0.1) is 0 Å². The Labute approximate surface area is 299 Å². The van der Waals surface area contributed by atoms with Crippen LogP contribution in [0.15, 0.2) is 0 Å². The lowest BCUT2D eigenvalue weighted by Gasteiger charge is -2.58. The molecule has 2 N–H and O–H groups in total. The number of carbonyl (C=O) groups is 2. The minimum atomic E-state index is -1.19. The Morgan fingerprint density at radius 3 is 1.51 bits per heavy atom. The fraction of sp³-hybridized carbons (Fsp3) is 0.810. The minimum absolute atomic E-state index is 0.0203. The summed E-state index contributed by atoms with van der Waals surface area (Å²) in [5.41, 5.74) is 3.58. The van der Waals surface area contributed by atoms with Crippen LogP contribution in [-0.4, -0.2) is 68.2 Å². The molecule has 0 bridgehead atoms. The largest absolute Gasteiger partial charge is 0.507 e. The summed E-state index contributed by atoms with van der Waals surface area (Å²) in [5.74, 6) is -1.49. The smallest absolute Gasteiger partial charge is 0.317 e. The van der Waals surface area contributed by atoms with Crippen LogP contribution < -0.4 is 0 Å². The van der Waals surface area contributed by atoms with Gasteiger partial charge in [0.15, 0.2) is 0 Å². The molecule has 0 radical (unpaired) electrons. The molecule has 0 spiro atoms. The third-order valence-electron chi connectivity index (χ3n) is 12.8. The molecule has 3 atom stereocenters. The summed E-state index contributed by atoms with van der Waals surface area (Å²) in [6.07, 6.45) is 4.77. The molecule has 7 nitrogen and oxygen atoms in total. The van der Waals surface area contributed by atoms with Gasteiger partial charge in [-0.25, -0.2) is 0 Å². The van der Waals surface area contributed by atoms with E-state index in [1.807, 2.05) is 0 Å². The van der Waals surface area contributed by atoms with E-state index in [0.717, 1.165) is 66.3 Å². The van der Waals surface area contributed by atoms with Gasteiger partial charge in [0.2, 0.25) is 0 Å². The van der Waals surface area contributed by atoms with E-state index in [0.29, 0.717) is 12.2 Å². The van der Waals surface area contributed by atoms with Crippen LogP contribution in [0.1, 0.15) is 201 Å².